The quantitative estimate of drug-likeness (QED) is 0.752. The van der Waals surface area contributed by atoms with E-state index in [0.29, 0.717) is 6.07 Å². The average Bonchev–Trinajstić information content (AvgIpc) is 2.66. The van der Waals surface area contributed by atoms with Gasteiger partial charge in [-0.3, -0.25) is 10.1 Å². The molecule has 0 aliphatic carbocycles. The Kier molecular flexibility index (Phi) is 3.97. The summed E-state index contributed by atoms with van der Waals surface area (Å²) in [4.78, 5) is 21.6. The van der Waals surface area contributed by atoms with E-state index in [1.54, 1.807) is 5.32 Å². The number of aromatic hydroxyl groups is 1. The molecule has 0 fully saturated rings. The molecule has 116 valence electrons. The highest BCUT2D eigenvalue weighted by atomic mass is 19.1. The number of benzene rings is 1. The Balaban J connectivity index is 2.59. The predicted molar refractivity (Wildman–Crippen MR) is 68.7 cm³/mol. The van der Waals surface area contributed by atoms with Crippen molar-refractivity contribution in [3.05, 3.63) is 29.8 Å². The molecule has 3 N–H and O–H groups in total. The maximum atomic E-state index is 13.7. The van der Waals surface area contributed by atoms with Crippen molar-refractivity contribution < 1.29 is 37.7 Å². The molecule has 1 aromatic heterocycles. The van der Waals surface area contributed by atoms with E-state index < -0.39 is 46.8 Å². The minimum absolute atomic E-state index is 0.342. The van der Waals surface area contributed by atoms with Crippen molar-refractivity contribution >= 4 is 17.9 Å². The lowest BCUT2D eigenvalue weighted by Gasteiger charge is -2.01. The summed E-state index contributed by atoms with van der Waals surface area (Å²) in [6, 6.07) is 2.44. The topological polar surface area (TPSA) is 109 Å². The zero-order valence-electron chi connectivity index (χ0n) is 11.0. The van der Waals surface area contributed by atoms with Gasteiger partial charge >= 0.3 is 12.1 Å². The van der Waals surface area contributed by atoms with Crippen molar-refractivity contribution in [1.82, 2.24) is 0 Å². The monoisotopic (exact) mass is 313 g/mol. The van der Waals surface area contributed by atoms with Crippen molar-refractivity contribution in [3.8, 4) is 22.8 Å². The lowest BCUT2D eigenvalue weighted by Crippen LogP contribution is -2.09. The van der Waals surface area contributed by atoms with E-state index in [1.807, 2.05) is 0 Å². The first-order valence-electron chi connectivity index (χ1n) is 5.79. The third kappa shape index (κ3) is 2.97. The zero-order valence-corrected chi connectivity index (χ0v) is 11.0. The number of anilines is 1. The van der Waals surface area contributed by atoms with E-state index in [9.17, 15) is 23.5 Å². The van der Waals surface area contributed by atoms with Crippen molar-refractivity contribution in [2.75, 3.05) is 5.32 Å². The summed E-state index contributed by atoms with van der Waals surface area (Å²) >= 11 is 0. The van der Waals surface area contributed by atoms with Gasteiger partial charge in [0.15, 0.2) is 5.76 Å². The van der Waals surface area contributed by atoms with Crippen LogP contribution in [0.25, 0.3) is 11.3 Å². The molecule has 0 unspecified atom stereocenters. The summed E-state index contributed by atoms with van der Waals surface area (Å²) in [6.07, 6.45) is -1.56. The van der Waals surface area contributed by atoms with Gasteiger partial charge in [0.1, 0.15) is 11.6 Å². The van der Waals surface area contributed by atoms with Crippen LogP contribution in [0.2, 0.25) is 0 Å². The number of carbonyl (C=O) groups excluding carboxylic acids is 1. The van der Waals surface area contributed by atoms with E-state index in [1.165, 1.54) is 0 Å². The smallest absolute Gasteiger partial charge is 0.411 e. The number of ether oxygens (including phenoxy) is 1. The number of carbonyl (C=O) groups is 2. The molecule has 0 aliphatic heterocycles. The lowest BCUT2D eigenvalue weighted by atomic mass is 10.1. The molecule has 0 spiro atoms. The van der Waals surface area contributed by atoms with Crippen LogP contribution < -0.4 is 10.1 Å². The molecule has 2 rings (SSSR count). The summed E-state index contributed by atoms with van der Waals surface area (Å²) in [6.45, 7) is 1.01. The Hall–Kier alpha value is -3.10. The molecule has 1 heterocycles. The predicted octanol–water partition coefficient (Wildman–Crippen LogP) is 2.95. The van der Waals surface area contributed by atoms with Gasteiger partial charge in [-0.05, 0) is 12.1 Å². The van der Waals surface area contributed by atoms with Crippen LogP contribution in [0.3, 0.4) is 0 Å². The third-order valence-electron chi connectivity index (χ3n) is 2.48. The second-order valence-electron chi connectivity index (χ2n) is 4.09. The van der Waals surface area contributed by atoms with E-state index in [4.69, 9.17) is 9.52 Å². The number of nitrogens with one attached hydrogen (secondary N) is 1. The van der Waals surface area contributed by atoms with Crippen LogP contribution >= 0.6 is 0 Å². The second-order valence-corrected chi connectivity index (χ2v) is 4.09. The van der Waals surface area contributed by atoms with Gasteiger partial charge in [0.05, 0.1) is 5.56 Å². The molecule has 7 nitrogen and oxygen atoms in total. The summed E-state index contributed by atoms with van der Waals surface area (Å²) < 4.78 is 36.2. The molecular weight excluding hydrogens is 304 g/mol. The number of rotatable bonds is 3. The van der Waals surface area contributed by atoms with Crippen molar-refractivity contribution in [2.24, 2.45) is 0 Å². The number of halogens is 2. The fourth-order valence-electron chi connectivity index (χ4n) is 1.68. The van der Waals surface area contributed by atoms with Gasteiger partial charge in [0.25, 0.3) is 5.88 Å². The zero-order chi connectivity index (χ0) is 16.4. The van der Waals surface area contributed by atoms with Crippen LogP contribution in [0, 0.1) is 11.6 Å². The normalized spacial score (nSPS) is 10.3. The maximum Gasteiger partial charge on any atom is 0.411 e. The van der Waals surface area contributed by atoms with Crippen LogP contribution in [-0.2, 0) is 4.79 Å². The Morgan fingerprint density at radius 1 is 1.32 bits per heavy atom. The Morgan fingerprint density at radius 2 is 2.00 bits per heavy atom. The molecule has 9 heteroatoms. The standard InChI is InChI=1S/C13H9F2NO6/c1-5(17)21-11-9(18)10(22-12(11)16-13(19)20)7-3-2-6(14)4-8(7)15/h2-4,16,18H,1H3,(H,19,20). The second kappa shape index (κ2) is 5.72. The summed E-state index contributed by atoms with van der Waals surface area (Å²) in [5.74, 6) is -5.32. The molecule has 0 bridgehead atoms. The number of hydrogen-bond acceptors (Lipinski definition) is 5. The highest BCUT2D eigenvalue weighted by Crippen LogP contribution is 2.46. The largest absolute Gasteiger partial charge is 0.502 e. The first-order valence-corrected chi connectivity index (χ1v) is 5.79. The van der Waals surface area contributed by atoms with E-state index >= 15 is 0 Å². The van der Waals surface area contributed by atoms with Crippen molar-refractivity contribution in [2.45, 2.75) is 6.92 Å². The maximum absolute atomic E-state index is 13.7. The van der Waals surface area contributed by atoms with Gasteiger partial charge in [-0.2, -0.15) is 0 Å². The highest BCUT2D eigenvalue weighted by Gasteiger charge is 2.27. The van der Waals surface area contributed by atoms with Crippen LogP contribution in [0.5, 0.6) is 11.5 Å². The van der Waals surface area contributed by atoms with Crippen LogP contribution in [0.4, 0.5) is 19.5 Å². The van der Waals surface area contributed by atoms with Gasteiger partial charge in [0, 0.05) is 13.0 Å². The first kappa shape index (κ1) is 15.3. The summed E-state index contributed by atoms with van der Waals surface area (Å²) in [5.41, 5.74) is -0.342. The van der Waals surface area contributed by atoms with Crippen molar-refractivity contribution in [1.29, 1.82) is 0 Å². The van der Waals surface area contributed by atoms with E-state index in [2.05, 4.69) is 4.74 Å². The molecule has 22 heavy (non-hydrogen) atoms. The molecular formula is C13H9F2NO6. The third-order valence-corrected chi connectivity index (χ3v) is 2.48. The van der Waals surface area contributed by atoms with Gasteiger partial charge in [-0.25, -0.2) is 13.6 Å². The van der Waals surface area contributed by atoms with Crippen LogP contribution in [0.1, 0.15) is 6.92 Å². The Labute approximate surface area is 121 Å². The molecule has 1 amide bonds. The summed E-state index contributed by atoms with van der Waals surface area (Å²) in [5, 5.41) is 20.4. The fourth-order valence-corrected chi connectivity index (χ4v) is 1.68. The molecule has 0 aliphatic rings. The average molecular weight is 313 g/mol. The number of esters is 1. The highest BCUT2D eigenvalue weighted by molar-refractivity contribution is 5.88. The van der Waals surface area contributed by atoms with Crippen LogP contribution in [0.15, 0.2) is 22.6 Å². The first-order chi connectivity index (χ1) is 10.3. The van der Waals surface area contributed by atoms with Gasteiger partial charge in [-0.1, -0.05) is 0 Å². The molecule has 0 saturated heterocycles. The molecule has 0 saturated carbocycles. The number of furan rings is 1. The SMILES string of the molecule is CC(=O)Oc1c(NC(=O)O)oc(-c2ccc(F)cc2F)c1O. The van der Waals surface area contributed by atoms with Gasteiger partial charge in [-0.15, -0.1) is 0 Å². The summed E-state index contributed by atoms with van der Waals surface area (Å²) in [7, 11) is 0. The fraction of sp³-hybridized carbons (Fsp3) is 0.0769. The van der Waals surface area contributed by atoms with Crippen LogP contribution in [-0.4, -0.2) is 22.3 Å². The molecule has 0 atom stereocenters. The van der Waals surface area contributed by atoms with E-state index in [-0.39, 0.29) is 5.56 Å². The molecule has 1 aromatic carbocycles. The lowest BCUT2D eigenvalue weighted by molar-refractivity contribution is -0.132. The Bertz CT molecular complexity index is 755. The molecule has 0 radical (unpaired) electrons. The van der Waals surface area contributed by atoms with E-state index in [0.717, 1.165) is 19.1 Å². The van der Waals surface area contributed by atoms with Crippen molar-refractivity contribution in [3.63, 3.8) is 0 Å². The molecule has 2 aromatic rings. The minimum Gasteiger partial charge on any atom is -0.502 e. The van der Waals surface area contributed by atoms with Gasteiger partial charge < -0.3 is 19.4 Å². The number of hydrogen-bond donors (Lipinski definition) is 3. The van der Waals surface area contributed by atoms with Gasteiger partial charge in [0.2, 0.25) is 11.5 Å². The number of carboxylic acid groups (broad SMARTS) is 1. The minimum atomic E-state index is -1.56. The number of amides is 1. The Morgan fingerprint density at radius 3 is 2.55 bits per heavy atom.